The zero-order valence-corrected chi connectivity index (χ0v) is 16.5. The quantitative estimate of drug-likeness (QED) is 0.700. The summed E-state index contributed by atoms with van der Waals surface area (Å²) in [4.78, 5) is 12.4. The van der Waals surface area contributed by atoms with Gasteiger partial charge in [-0.2, -0.15) is 0 Å². The van der Waals surface area contributed by atoms with Gasteiger partial charge in [0.05, 0.1) is 13.2 Å². The molecule has 2 fully saturated rings. The molecule has 29 heavy (non-hydrogen) atoms. The number of benzene rings is 2. The number of hydrogen-bond donors (Lipinski definition) is 3. The first kappa shape index (κ1) is 20.0. The molecule has 1 aliphatic heterocycles. The molecule has 0 radical (unpaired) electrons. The Morgan fingerprint density at radius 2 is 2.07 bits per heavy atom. The number of rotatable bonds is 6. The maximum atomic E-state index is 13.3. The summed E-state index contributed by atoms with van der Waals surface area (Å²) in [6, 6.07) is 14.4. The Labute approximate surface area is 171 Å². The molecule has 154 valence electrons. The highest BCUT2D eigenvalue weighted by atomic mass is 19.1. The molecular formula is C23H28FN3O2. The third-order valence-corrected chi connectivity index (χ3v) is 5.88. The van der Waals surface area contributed by atoms with Crippen LogP contribution in [0.4, 0.5) is 10.1 Å². The van der Waals surface area contributed by atoms with Crippen LogP contribution in [0.1, 0.15) is 35.2 Å². The second kappa shape index (κ2) is 9.48. The number of halogens is 1. The predicted octanol–water partition coefficient (Wildman–Crippen LogP) is 3.32. The van der Waals surface area contributed by atoms with Crippen LogP contribution in [0.15, 0.2) is 48.5 Å². The smallest absolute Gasteiger partial charge is 0.255 e. The third kappa shape index (κ3) is 5.21. The van der Waals surface area contributed by atoms with Gasteiger partial charge < -0.3 is 20.7 Å². The molecule has 3 N–H and O–H groups in total. The molecule has 1 aliphatic carbocycles. The number of nitrogens with one attached hydrogen (secondary N) is 3. The van der Waals surface area contributed by atoms with Crippen LogP contribution in [0.25, 0.3) is 0 Å². The van der Waals surface area contributed by atoms with E-state index < -0.39 is 5.82 Å². The summed E-state index contributed by atoms with van der Waals surface area (Å²) in [6.07, 6.45) is 3.64. The molecule has 1 heterocycles. The number of morpholine rings is 1. The molecule has 1 saturated carbocycles. The van der Waals surface area contributed by atoms with Crippen LogP contribution >= 0.6 is 0 Å². The van der Waals surface area contributed by atoms with Crippen molar-refractivity contribution in [3.8, 4) is 0 Å². The molecule has 4 rings (SSSR count). The lowest BCUT2D eigenvalue weighted by Gasteiger charge is -2.33. The molecule has 5 nitrogen and oxygen atoms in total. The Morgan fingerprint density at radius 3 is 2.90 bits per heavy atom. The molecule has 0 bridgehead atoms. The van der Waals surface area contributed by atoms with E-state index in [1.165, 1.54) is 37.5 Å². The van der Waals surface area contributed by atoms with Crippen molar-refractivity contribution in [2.45, 2.75) is 37.9 Å². The fraction of sp³-hybridized carbons (Fsp3) is 0.435. The van der Waals surface area contributed by atoms with E-state index in [9.17, 15) is 9.18 Å². The molecule has 0 spiro atoms. The highest BCUT2D eigenvalue weighted by Crippen LogP contribution is 2.29. The van der Waals surface area contributed by atoms with Gasteiger partial charge in [-0.05, 0) is 54.7 Å². The topological polar surface area (TPSA) is 62.4 Å². The van der Waals surface area contributed by atoms with Crippen LogP contribution in [0, 0.1) is 11.7 Å². The molecule has 3 atom stereocenters. The van der Waals surface area contributed by atoms with Crippen LogP contribution in [-0.2, 0) is 11.3 Å². The average molecular weight is 397 g/mol. The summed E-state index contributed by atoms with van der Waals surface area (Å²) in [5.41, 5.74) is 2.13. The number of amides is 1. The van der Waals surface area contributed by atoms with E-state index in [1.807, 2.05) is 18.2 Å². The standard InChI is InChI=1S/C23H28FN3O2/c24-18-6-2-5-17(13-18)23(28)27-19-7-1-4-16(12-19)14-26-21-9-3-8-20(21)22-15-29-11-10-25-22/h1-2,4-7,12-13,20-22,25-26H,3,8-11,14-15H2,(H,27,28). The zero-order chi connectivity index (χ0) is 20.1. The second-order valence-electron chi connectivity index (χ2n) is 7.88. The lowest BCUT2D eigenvalue weighted by Crippen LogP contribution is -2.50. The van der Waals surface area contributed by atoms with Crippen molar-refractivity contribution >= 4 is 11.6 Å². The van der Waals surface area contributed by atoms with Crippen LogP contribution < -0.4 is 16.0 Å². The molecule has 2 aliphatic rings. The van der Waals surface area contributed by atoms with Gasteiger partial charge in [0, 0.05) is 36.4 Å². The van der Waals surface area contributed by atoms with Gasteiger partial charge in [0.1, 0.15) is 5.82 Å². The van der Waals surface area contributed by atoms with E-state index in [-0.39, 0.29) is 5.91 Å². The molecule has 6 heteroatoms. The summed E-state index contributed by atoms with van der Waals surface area (Å²) in [5, 5.41) is 10.2. The van der Waals surface area contributed by atoms with Gasteiger partial charge in [0.15, 0.2) is 0 Å². The average Bonchev–Trinajstić information content (AvgIpc) is 3.22. The summed E-state index contributed by atoms with van der Waals surface area (Å²) < 4.78 is 19.0. The van der Waals surface area contributed by atoms with Crippen molar-refractivity contribution in [3.05, 3.63) is 65.5 Å². The second-order valence-corrected chi connectivity index (χ2v) is 7.88. The highest BCUT2D eigenvalue weighted by molar-refractivity contribution is 6.04. The SMILES string of the molecule is O=C(Nc1cccc(CNC2CCCC2C2COCCN2)c1)c1cccc(F)c1. The van der Waals surface area contributed by atoms with E-state index >= 15 is 0 Å². The van der Waals surface area contributed by atoms with Crippen molar-refractivity contribution in [2.75, 3.05) is 25.1 Å². The summed E-state index contributed by atoms with van der Waals surface area (Å²) in [7, 11) is 0. The Morgan fingerprint density at radius 1 is 1.17 bits per heavy atom. The monoisotopic (exact) mass is 397 g/mol. The minimum Gasteiger partial charge on any atom is -0.379 e. The maximum Gasteiger partial charge on any atom is 0.255 e. The van der Waals surface area contributed by atoms with Crippen LogP contribution in [-0.4, -0.2) is 37.7 Å². The summed E-state index contributed by atoms with van der Waals surface area (Å²) in [6.45, 7) is 3.28. The summed E-state index contributed by atoms with van der Waals surface area (Å²) in [5.74, 6) is -0.139. The summed E-state index contributed by atoms with van der Waals surface area (Å²) >= 11 is 0. The van der Waals surface area contributed by atoms with Crippen molar-refractivity contribution in [1.29, 1.82) is 0 Å². The number of carbonyl (C=O) groups excluding carboxylic acids is 1. The molecule has 2 aromatic carbocycles. The van der Waals surface area contributed by atoms with Crippen molar-refractivity contribution in [1.82, 2.24) is 10.6 Å². The van der Waals surface area contributed by atoms with Gasteiger partial charge >= 0.3 is 0 Å². The number of anilines is 1. The lowest BCUT2D eigenvalue weighted by molar-refractivity contribution is 0.0524. The van der Waals surface area contributed by atoms with Crippen molar-refractivity contribution in [2.24, 2.45) is 5.92 Å². The van der Waals surface area contributed by atoms with Gasteiger partial charge in [-0.15, -0.1) is 0 Å². The molecule has 1 amide bonds. The number of hydrogen-bond acceptors (Lipinski definition) is 4. The Bertz CT molecular complexity index is 838. The Kier molecular flexibility index (Phi) is 6.54. The van der Waals surface area contributed by atoms with E-state index in [4.69, 9.17) is 4.74 Å². The van der Waals surface area contributed by atoms with E-state index in [0.717, 1.165) is 31.9 Å². The van der Waals surface area contributed by atoms with Gasteiger partial charge in [-0.1, -0.05) is 24.6 Å². The Hall–Kier alpha value is -2.28. The van der Waals surface area contributed by atoms with Crippen LogP contribution in [0.5, 0.6) is 0 Å². The van der Waals surface area contributed by atoms with Gasteiger partial charge in [0.25, 0.3) is 5.91 Å². The fourth-order valence-corrected chi connectivity index (χ4v) is 4.43. The first-order valence-electron chi connectivity index (χ1n) is 10.4. The predicted molar refractivity (Wildman–Crippen MR) is 111 cm³/mol. The van der Waals surface area contributed by atoms with Crippen molar-refractivity contribution < 1.29 is 13.9 Å². The molecule has 0 aromatic heterocycles. The zero-order valence-electron chi connectivity index (χ0n) is 16.5. The minimum atomic E-state index is -0.417. The third-order valence-electron chi connectivity index (χ3n) is 5.88. The molecule has 1 saturated heterocycles. The van der Waals surface area contributed by atoms with E-state index in [1.54, 1.807) is 6.07 Å². The van der Waals surface area contributed by atoms with Crippen LogP contribution in [0.3, 0.4) is 0 Å². The van der Waals surface area contributed by atoms with Crippen molar-refractivity contribution in [3.63, 3.8) is 0 Å². The number of ether oxygens (including phenoxy) is 1. The van der Waals surface area contributed by atoms with Gasteiger partial charge in [-0.25, -0.2) is 4.39 Å². The maximum absolute atomic E-state index is 13.3. The van der Waals surface area contributed by atoms with E-state index in [0.29, 0.717) is 29.3 Å². The lowest BCUT2D eigenvalue weighted by atomic mass is 9.94. The van der Waals surface area contributed by atoms with Gasteiger partial charge in [0.2, 0.25) is 0 Å². The van der Waals surface area contributed by atoms with E-state index in [2.05, 4.69) is 22.0 Å². The normalized spacial score (nSPS) is 24.4. The first-order chi connectivity index (χ1) is 14.2. The molecule has 2 aromatic rings. The van der Waals surface area contributed by atoms with Gasteiger partial charge in [-0.3, -0.25) is 4.79 Å². The Balaban J connectivity index is 1.34. The van der Waals surface area contributed by atoms with Crippen LogP contribution in [0.2, 0.25) is 0 Å². The largest absolute Gasteiger partial charge is 0.379 e. The highest BCUT2D eigenvalue weighted by Gasteiger charge is 2.34. The molecule has 3 unspecified atom stereocenters. The molecular weight excluding hydrogens is 369 g/mol. The first-order valence-corrected chi connectivity index (χ1v) is 10.4. The minimum absolute atomic E-state index is 0.310. The fourth-order valence-electron chi connectivity index (χ4n) is 4.43. The number of carbonyl (C=O) groups is 1.